The van der Waals surface area contributed by atoms with Crippen LogP contribution in [0.25, 0.3) is 16.2 Å². The quantitative estimate of drug-likeness (QED) is 0.611. The smallest absolute Gasteiger partial charge is 0.157 e. The van der Waals surface area contributed by atoms with E-state index in [2.05, 4.69) is 32.9 Å². The topological polar surface area (TPSA) is 55.1 Å². The van der Waals surface area contributed by atoms with Gasteiger partial charge in [-0.3, -0.25) is 0 Å². The number of anilines is 1. The molecule has 0 radical (unpaired) electrons. The van der Waals surface area contributed by atoms with E-state index >= 15 is 0 Å². The van der Waals surface area contributed by atoms with Gasteiger partial charge in [0, 0.05) is 36.2 Å². The van der Waals surface area contributed by atoms with Crippen LogP contribution in [0, 0.1) is 0 Å². The highest BCUT2D eigenvalue weighted by Crippen LogP contribution is 2.23. The lowest BCUT2D eigenvalue weighted by Crippen LogP contribution is -2.09. The SMILES string of the molecule is c1ccc(-c2nc(CCNc3ccnc4ccnn34)cs2)cc1. The van der Waals surface area contributed by atoms with Crippen molar-refractivity contribution >= 4 is 22.8 Å². The van der Waals surface area contributed by atoms with Crippen LogP contribution < -0.4 is 5.32 Å². The summed E-state index contributed by atoms with van der Waals surface area (Å²) in [6, 6.07) is 14.1. The molecule has 6 heteroatoms. The Morgan fingerprint density at radius 1 is 1.04 bits per heavy atom. The second-order valence-electron chi connectivity index (χ2n) is 5.12. The van der Waals surface area contributed by atoms with Gasteiger partial charge in [-0.1, -0.05) is 30.3 Å². The number of nitrogens with one attached hydrogen (secondary N) is 1. The fraction of sp³-hybridized carbons (Fsp3) is 0.118. The zero-order chi connectivity index (χ0) is 15.5. The summed E-state index contributed by atoms with van der Waals surface area (Å²) in [5, 5.41) is 10.9. The highest BCUT2D eigenvalue weighted by atomic mass is 32.1. The monoisotopic (exact) mass is 321 g/mol. The number of rotatable bonds is 5. The van der Waals surface area contributed by atoms with E-state index in [0.29, 0.717) is 0 Å². The highest BCUT2D eigenvalue weighted by Gasteiger charge is 2.05. The van der Waals surface area contributed by atoms with Crippen molar-refractivity contribution in [3.05, 3.63) is 65.9 Å². The third-order valence-corrected chi connectivity index (χ3v) is 4.49. The minimum atomic E-state index is 0.803. The van der Waals surface area contributed by atoms with Crippen molar-refractivity contribution in [2.24, 2.45) is 0 Å². The van der Waals surface area contributed by atoms with Crippen LogP contribution in [0.15, 0.2) is 60.2 Å². The van der Waals surface area contributed by atoms with Crippen LogP contribution in [0.3, 0.4) is 0 Å². The molecular formula is C17H15N5S. The lowest BCUT2D eigenvalue weighted by atomic mass is 10.2. The van der Waals surface area contributed by atoms with Gasteiger partial charge in [0.05, 0.1) is 11.9 Å². The molecule has 0 amide bonds. The lowest BCUT2D eigenvalue weighted by Gasteiger charge is -2.06. The fourth-order valence-electron chi connectivity index (χ4n) is 2.42. The Balaban J connectivity index is 1.42. The Morgan fingerprint density at radius 3 is 2.87 bits per heavy atom. The molecule has 114 valence electrons. The minimum Gasteiger partial charge on any atom is -0.370 e. The Hall–Kier alpha value is -2.73. The molecule has 0 saturated carbocycles. The molecule has 5 nitrogen and oxygen atoms in total. The van der Waals surface area contributed by atoms with Gasteiger partial charge in [0.15, 0.2) is 5.65 Å². The van der Waals surface area contributed by atoms with E-state index in [4.69, 9.17) is 4.98 Å². The number of aromatic nitrogens is 4. The third kappa shape index (κ3) is 2.93. The molecule has 4 rings (SSSR count). The first-order chi connectivity index (χ1) is 11.4. The number of benzene rings is 1. The summed E-state index contributed by atoms with van der Waals surface area (Å²) in [4.78, 5) is 8.96. The maximum atomic E-state index is 4.71. The van der Waals surface area contributed by atoms with Gasteiger partial charge in [-0.25, -0.2) is 9.97 Å². The summed E-state index contributed by atoms with van der Waals surface area (Å²) in [6.45, 7) is 0.803. The van der Waals surface area contributed by atoms with Crippen LogP contribution in [0.2, 0.25) is 0 Å². The molecule has 1 N–H and O–H groups in total. The van der Waals surface area contributed by atoms with Crippen molar-refractivity contribution in [2.45, 2.75) is 6.42 Å². The molecule has 0 unspecified atom stereocenters. The molecule has 0 spiro atoms. The highest BCUT2D eigenvalue weighted by molar-refractivity contribution is 7.13. The second kappa shape index (κ2) is 6.18. The summed E-state index contributed by atoms with van der Waals surface area (Å²) < 4.78 is 1.80. The Kier molecular flexibility index (Phi) is 3.73. The van der Waals surface area contributed by atoms with Crippen molar-refractivity contribution in [3.8, 4) is 10.6 Å². The molecule has 0 fully saturated rings. The van der Waals surface area contributed by atoms with E-state index in [1.165, 1.54) is 5.56 Å². The average molecular weight is 321 g/mol. The van der Waals surface area contributed by atoms with E-state index in [9.17, 15) is 0 Å². The van der Waals surface area contributed by atoms with E-state index in [-0.39, 0.29) is 0 Å². The predicted molar refractivity (Wildman–Crippen MR) is 92.7 cm³/mol. The first-order valence-corrected chi connectivity index (χ1v) is 8.30. The summed E-state index contributed by atoms with van der Waals surface area (Å²) in [5.74, 6) is 0.943. The first-order valence-electron chi connectivity index (χ1n) is 7.42. The van der Waals surface area contributed by atoms with E-state index in [1.54, 1.807) is 28.2 Å². The van der Waals surface area contributed by atoms with Gasteiger partial charge in [0.25, 0.3) is 0 Å². The zero-order valence-electron chi connectivity index (χ0n) is 12.4. The van der Waals surface area contributed by atoms with Crippen molar-refractivity contribution in [2.75, 3.05) is 11.9 Å². The molecule has 3 heterocycles. The normalized spacial score (nSPS) is 11.0. The summed E-state index contributed by atoms with van der Waals surface area (Å²) in [5.41, 5.74) is 3.12. The van der Waals surface area contributed by atoms with Crippen molar-refractivity contribution < 1.29 is 0 Å². The van der Waals surface area contributed by atoms with Crippen LogP contribution in [-0.2, 0) is 6.42 Å². The largest absolute Gasteiger partial charge is 0.370 e. The van der Waals surface area contributed by atoms with Gasteiger partial charge in [0.2, 0.25) is 0 Å². The van der Waals surface area contributed by atoms with Gasteiger partial charge in [-0.2, -0.15) is 9.61 Å². The lowest BCUT2D eigenvalue weighted by molar-refractivity contribution is 0.905. The van der Waals surface area contributed by atoms with Crippen molar-refractivity contribution in [1.29, 1.82) is 0 Å². The number of hydrogen-bond acceptors (Lipinski definition) is 5. The molecule has 4 aromatic rings. The van der Waals surface area contributed by atoms with Crippen LogP contribution in [0.5, 0.6) is 0 Å². The average Bonchev–Trinajstić information content (AvgIpc) is 3.25. The van der Waals surface area contributed by atoms with Crippen LogP contribution >= 0.6 is 11.3 Å². The zero-order valence-corrected chi connectivity index (χ0v) is 13.2. The predicted octanol–water partition coefficient (Wildman–Crippen LogP) is 3.51. The van der Waals surface area contributed by atoms with Gasteiger partial charge >= 0.3 is 0 Å². The number of hydrogen-bond donors (Lipinski definition) is 1. The maximum absolute atomic E-state index is 4.71. The molecule has 0 aliphatic heterocycles. The van der Waals surface area contributed by atoms with Gasteiger partial charge in [-0.05, 0) is 6.07 Å². The standard InChI is InChI=1S/C17H15N5S/c1-2-4-13(5-3-1)17-21-14(12-23-17)6-9-18-15-7-10-19-16-8-11-20-22(15)16/h1-5,7-8,10-12,18H,6,9H2. The number of nitrogens with zero attached hydrogens (tertiary/aromatic N) is 4. The minimum absolute atomic E-state index is 0.803. The summed E-state index contributed by atoms with van der Waals surface area (Å²) in [7, 11) is 0. The van der Waals surface area contributed by atoms with Gasteiger partial charge < -0.3 is 5.32 Å². The molecule has 0 atom stereocenters. The third-order valence-electron chi connectivity index (χ3n) is 3.55. The first kappa shape index (κ1) is 13.9. The maximum Gasteiger partial charge on any atom is 0.157 e. The van der Waals surface area contributed by atoms with Crippen LogP contribution in [0.4, 0.5) is 5.82 Å². The Bertz CT molecular complexity index is 913. The Morgan fingerprint density at radius 2 is 1.96 bits per heavy atom. The summed E-state index contributed by atoms with van der Waals surface area (Å²) in [6.07, 6.45) is 4.41. The Labute approximate surface area is 137 Å². The molecule has 1 aromatic carbocycles. The number of fused-ring (bicyclic) bond motifs is 1. The number of thiazole rings is 1. The van der Waals surface area contributed by atoms with Crippen LogP contribution in [0.1, 0.15) is 5.69 Å². The molecule has 0 aliphatic rings. The fourth-order valence-corrected chi connectivity index (χ4v) is 3.28. The van der Waals surface area contributed by atoms with Crippen molar-refractivity contribution in [1.82, 2.24) is 19.6 Å². The molecule has 0 bridgehead atoms. The molecule has 3 aromatic heterocycles. The van der Waals surface area contributed by atoms with E-state index in [1.807, 2.05) is 30.3 Å². The molecule has 0 saturated heterocycles. The van der Waals surface area contributed by atoms with E-state index < -0.39 is 0 Å². The van der Waals surface area contributed by atoms with Gasteiger partial charge in [-0.15, -0.1) is 11.3 Å². The summed E-state index contributed by atoms with van der Waals surface area (Å²) >= 11 is 1.69. The molecule has 23 heavy (non-hydrogen) atoms. The molecule has 0 aliphatic carbocycles. The molecular weight excluding hydrogens is 306 g/mol. The van der Waals surface area contributed by atoms with Crippen LogP contribution in [-0.4, -0.2) is 26.1 Å². The second-order valence-corrected chi connectivity index (χ2v) is 5.98. The van der Waals surface area contributed by atoms with Crippen molar-refractivity contribution in [3.63, 3.8) is 0 Å². The van der Waals surface area contributed by atoms with E-state index in [0.717, 1.165) is 35.1 Å². The van der Waals surface area contributed by atoms with Gasteiger partial charge in [0.1, 0.15) is 10.8 Å².